The Bertz CT molecular complexity index is 645. The summed E-state index contributed by atoms with van der Waals surface area (Å²) in [5.74, 6) is 2.63. The molecule has 1 fully saturated rings. The SMILES string of the molecule is C#CCCC(=O)N1CCN(c2nc3ccccc3o2)CC1. The van der Waals surface area contributed by atoms with Gasteiger partial charge in [0.2, 0.25) is 5.91 Å². The number of aromatic nitrogens is 1. The number of piperazine rings is 1. The summed E-state index contributed by atoms with van der Waals surface area (Å²) < 4.78 is 5.75. The molecule has 1 aromatic carbocycles. The Morgan fingerprint density at radius 2 is 2.05 bits per heavy atom. The zero-order valence-electron chi connectivity index (χ0n) is 11.8. The number of fused-ring (bicyclic) bond motifs is 1. The number of oxazole rings is 1. The number of carbonyl (C=O) groups is 1. The van der Waals surface area contributed by atoms with Crippen LogP contribution < -0.4 is 4.90 Å². The van der Waals surface area contributed by atoms with Crippen LogP contribution in [0.5, 0.6) is 0 Å². The number of hydrogen-bond donors (Lipinski definition) is 0. The number of terminal acetylenes is 1. The van der Waals surface area contributed by atoms with Crippen LogP contribution in [-0.2, 0) is 4.79 Å². The molecule has 3 rings (SSSR count). The van der Waals surface area contributed by atoms with E-state index in [2.05, 4.69) is 15.8 Å². The van der Waals surface area contributed by atoms with Gasteiger partial charge in [0.25, 0.3) is 6.01 Å². The fourth-order valence-electron chi connectivity index (χ4n) is 2.48. The van der Waals surface area contributed by atoms with E-state index in [9.17, 15) is 4.79 Å². The molecule has 0 aliphatic carbocycles. The number of hydrogen-bond acceptors (Lipinski definition) is 4. The number of rotatable bonds is 3. The monoisotopic (exact) mass is 283 g/mol. The lowest BCUT2D eigenvalue weighted by molar-refractivity contribution is -0.131. The molecule has 1 amide bonds. The summed E-state index contributed by atoms with van der Waals surface area (Å²) in [6, 6.07) is 8.34. The van der Waals surface area contributed by atoms with E-state index in [0.717, 1.165) is 24.2 Å². The van der Waals surface area contributed by atoms with E-state index in [4.69, 9.17) is 10.8 Å². The number of anilines is 1. The normalized spacial score (nSPS) is 15.2. The maximum absolute atomic E-state index is 11.9. The third kappa shape index (κ3) is 2.84. The quantitative estimate of drug-likeness (QED) is 0.807. The van der Waals surface area contributed by atoms with Crippen molar-refractivity contribution in [3.8, 4) is 12.3 Å². The molecule has 0 bridgehead atoms. The van der Waals surface area contributed by atoms with Gasteiger partial charge in [-0.1, -0.05) is 12.1 Å². The standard InChI is InChI=1S/C16H17N3O2/c1-2-3-8-15(20)18-9-11-19(12-10-18)16-17-13-6-4-5-7-14(13)21-16/h1,4-7H,3,8-12H2. The first-order chi connectivity index (χ1) is 10.3. The van der Waals surface area contributed by atoms with Crippen molar-refractivity contribution >= 4 is 23.0 Å². The van der Waals surface area contributed by atoms with Gasteiger partial charge >= 0.3 is 0 Å². The summed E-state index contributed by atoms with van der Waals surface area (Å²) in [6.07, 6.45) is 6.13. The van der Waals surface area contributed by atoms with Crippen LogP contribution in [0.15, 0.2) is 28.7 Å². The zero-order valence-corrected chi connectivity index (χ0v) is 11.8. The highest BCUT2D eigenvalue weighted by Crippen LogP contribution is 2.22. The van der Waals surface area contributed by atoms with E-state index in [1.165, 1.54) is 0 Å². The van der Waals surface area contributed by atoms with Gasteiger partial charge in [0.1, 0.15) is 5.52 Å². The molecule has 2 aromatic rings. The van der Waals surface area contributed by atoms with Crippen LogP contribution >= 0.6 is 0 Å². The van der Waals surface area contributed by atoms with Crippen molar-refractivity contribution in [3.05, 3.63) is 24.3 Å². The third-order valence-corrected chi connectivity index (χ3v) is 3.67. The first-order valence-corrected chi connectivity index (χ1v) is 7.09. The molecule has 0 atom stereocenters. The van der Waals surface area contributed by atoms with Crippen molar-refractivity contribution in [2.45, 2.75) is 12.8 Å². The van der Waals surface area contributed by atoms with Crippen LogP contribution in [0.1, 0.15) is 12.8 Å². The predicted octanol–water partition coefficient (Wildman–Crippen LogP) is 1.89. The number of nitrogens with zero attached hydrogens (tertiary/aromatic N) is 3. The first kappa shape index (κ1) is 13.5. The maximum Gasteiger partial charge on any atom is 0.298 e. The number of para-hydroxylation sites is 2. The van der Waals surface area contributed by atoms with Crippen molar-refractivity contribution in [2.24, 2.45) is 0 Å². The minimum absolute atomic E-state index is 0.130. The summed E-state index contributed by atoms with van der Waals surface area (Å²) in [7, 11) is 0. The smallest absolute Gasteiger partial charge is 0.298 e. The molecule has 1 aliphatic rings. The molecule has 0 saturated carbocycles. The van der Waals surface area contributed by atoms with Crippen molar-refractivity contribution in [2.75, 3.05) is 31.1 Å². The van der Waals surface area contributed by atoms with Crippen LogP contribution in [0.4, 0.5) is 6.01 Å². The summed E-state index contributed by atoms with van der Waals surface area (Å²) in [4.78, 5) is 20.3. The molecule has 5 heteroatoms. The third-order valence-electron chi connectivity index (χ3n) is 3.67. The highest BCUT2D eigenvalue weighted by molar-refractivity contribution is 5.77. The topological polar surface area (TPSA) is 49.6 Å². The largest absolute Gasteiger partial charge is 0.423 e. The van der Waals surface area contributed by atoms with E-state index in [1.54, 1.807) is 0 Å². The molecule has 1 aromatic heterocycles. The van der Waals surface area contributed by atoms with Crippen LogP contribution in [0, 0.1) is 12.3 Å². The van der Waals surface area contributed by atoms with Gasteiger partial charge in [0.05, 0.1) is 0 Å². The second kappa shape index (κ2) is 5.88. The summed E-state index contributed by atoms with van der Waals surface area (Å²) in [5, 5.41) is 0. The Morgan fingerprint density at radius 3 is 2.76 bits per heavy atom. The van der Waals surface area contributed by atoms with E-state index in [1.807, 2.05) is 29.2 Å². The highest BCUT2D eigenvalue weighted by atomic mass is 16.4. The molecular weight excluding hydrogens is 266 g/mol. The fourth-order valence-corrected chi connectivity index (χ4v) is 2.48. The Labute approximate surface area is 123 Å². The van der Waals surface area contributed by atoms with Crippen LogP contribution in [0.2, 0.25) is 0 Å². The minimum atomic E-state index is 0.130. The van der Waals surface area contributed by atoms with Gasteiger partial charge in [0, 0.05) is 39.0 Å². The summed E-state index contributed by atoms with van der Waals surface area (Å²) in [5.41, 5.74) is 1.65. The van der Waals surface area contributed by atoms with Gasteiger partial charge in [-0.25, -0.2) is 0 Å². The van der Waals surface area contributed by atoms with Crippen molar-refractivity contribution in [3.63, 3.8) is 0 Å². The zero-order chi connectivity index (χ0) is 14.7. The Hall–Kier alpha value is -2.48. The second-order valence-corrected chi connectivity index (χ2v) is 5.04. The van der Waals surface area contributed by atoms with Crippen molar-refractivity contribution in [1.29, 1.82) is 0 Å². The lowest BCUT2D eigenvalue weighted by Gasteiger charge is -2.33. The highest BCUT2D eigenvalue weighted by Gasteiger charge is 2.23. The van der Waals surface area contributed by atoms with Gasteiger partial charge in [-0.05, 0) is 12.1 Å². The molecule has 0 spiro atoms. The number of carbonyl (C=O) groups excluding carboxylic acids is 1. The van der Waals surface area contributed by atoms with Gasteiger partial charge in [0.15, 0.2) is 5.58 Å². The molecule has 0 N–H and O–H groups in total. The van der Waals surface area contributed by atoms with Crippen LogP contribution in [0.25, 0.3) is 11.1 Å². The van der Waals surface area contributed by atoms with Gasteiger partial charge in [-0.15, -0.1) is 12.3 Å². The Kier molecular flexibility index (Phi) is 3.78. The number of benzene rings is 1. The Balaban J connectivity index is 1.63. The van der Waals surface area contributed by atoms with Gasteiger partial charge in [-0.2, -0.15) is 4.98 Å². The first-order valence-electron chi connectivity index (χ1n) is 7.09. The van der Waals surface area contributed by atoms with Crippen LogP contribution in [-0.4, -0.2) is 42.0 Å². The van der Waals surface area contributed by atoms with Crippen LogP contribution in [0.3, 0.4) is 0 Å². The van der Waals surface area contributed by atoms with Crippen molar-refractivity contribution < 1.29 is 9.21 Å². The van der Waals surface area contributed by atoms with E-state index >= 15 is 0 Å². The second-order valence-electron chi connectivity index (χ2n) is 5.04. The van der Waals surface area contributed by atoms with Crippen molar-refractivity contribution in [1.82, 2.24) is 9.88 Å². The van der Waals surface area contributed by atoms with E-state index < -0.39 is 0 Å². The van der Waals surface area contributed by atoms with E-state index in [-0.39, 0.29) is 5.91 Å². The molecule has 21 heavy (non-hydrogen) atoms. The molecule has 5 nitrogen and oxygen atoms in total. The minimum Gasteiger partial charge on any atom is -0.423 e. The van der Waals surface area contributed by atoms with Gasteiger partial charge in [-0.3, -0.25) is 4.79 Å². The average molecular weight is 283 g/mol. The fraction of sp³-hybridized carbons (Fsp3) is 0.375. The summed E-state index contributed by atoms with van der Waals surface area (Å²) in [6.45, 7) is 2.83. The maximum atomic E-state index is 11.9. The molecule has 0 radical (unpaired) electrons. The van der Waals surface area contributed by atoms with E-state index in [0.29, 0.717) is 31.9 Å². The number of amides is 1. The molecule has 1 saturated heterocycles. The molecule has 0 unspecified atom stereocenters. The summed E-state index contributed by atoms with van der Waals surface area (Å²) >= 11 is 0. The molecule has 108 valence electrons. The molecule has 1 aliphatic heterocycles. The molecular formula is C16H17N3O2. The van der Waals surface area contributed by atoms with Gasteiger partial charge < -0.3 is 14.2 Å². The average Bonchev–Trinajstić information content (AvgIpc) is 2.96. The molecule has 2 heterocycles. The lowest BCUT2D eigenvalue weighted by atomic mass is 10.2. The Morgan fingerprint density at radius 1 is 1.29 bits per heavy atom. The predicted molar refractivity (Wildman–Crippen MR) is 80.9 cm³/mol. The lowest BCUT2D eigenvalue weighted by Crippen LogP contribution is -2.48.